The van der Waals surface area contributed by atoms with Gasteiger partial charge in [-0.05, 0) is 187 Å². The number of aromatic amines is 1. The molecule has 4 unspecified atom stereocenters. The van der Waals surface area contributed by atoms with Crippen molar-refractivity contribution in [1.29, 1.82) is 0 Å². The van der Waals surface area contributed by atoms with Crippen LogP contribution in [0.5, 0.6) is 0 Å². The maximum Gasteiger partial charge on any atom is 0.667 e. The Morgan fingerprint density at radius 2 is 0.653 bits per heavy atom. The van der Waals surface area contributed by atoms with Crippen molar-refractivity contribution < 1.29 is 36.5 Å². The second kappa shape index (κ2) is 15.1. The molecule has 43 rings (SSSR count). The lowest BCUT2D eigenvalue weighted by Crippen LogP contribution is -2.86. The van der Waals surface area contributed by atoms with Crippen LogP contribution in [0.2, 0.25) is 0 Å². The third kappa shape index (κ3) is 4.26. The van der Waals surface area contributed by atoms with Gasteiger partial charge in [0.15, 0.2) is 0 Å². The number of aromatic nitrogens is 14. The number of pyridine rings is 8. The fourth-order valence-corrected chi connectivity index (χ4v) is 31.5. The molecule has 9 aromatic carbocycles. The van der Waals surface area contributed by atoms with Gasteiger partial charge < -0.3 is 4.98 Å². The molecule has 124 heavy (non-hydrogen) atoms. The molecule has 20 aliphatic rings. The zero-order valence-corrected chi connectivity index (χ0v) is 64.6. The van der Waals surface area contributed by atoms with Gasteiger partial charge in [-0.1, -0.05) is 15.2 Å². The van der Waals surface area contributed by atoms with Crippen LogP contribution >= 0.6 is 0 Å². The molecule has 0 saturated carbocycles. The highest BCUT2D eigenvalue weighted by molar-refractivity contribution is 6.23. The predicted octanol–water partition coefficient (Wildman–Crippen LogP) is 7.11. The second-order valence-corrected chi connectivity index (χ2v) is 38.7. The Balaban J connectivity index is 0.618. The molecule has 548 valence electrons. The lowest BCUT2D eigenvalue weighted by atomic mass is 9.92. The molecule has 18 heteroatoms. The van der Waals surface area contributed by atoms with E-state index in [1.807, 2.05) is 0 Å². The maximum absolute atomic E-state index is 5.13. The first-order valence-corrected chi connectivity index (χ1v) is 43.8. The molecule has 0 saturated heterocycles. The van der Waals surface area contributed by atoms with Gasteiger partial charge in [0.05, 0.1) is 143 Å². The molecule has 0 fully saturated rings. The number of rotatable bonds is 0. The lowest BCUT2D eigenvalue weighted by molar-refractivity contribution is -0.968. The van der Waals surface area contributed by atoms with Gasteiger partial charge >= 0.3 is 56.7 Å². The van der Waals surface area contributed by atoms with Gasteiger partial charge in [-0.15, -0.1) is 0 Å². The number of benzene rings is 9. The van der Waals surface area contributed by atoms with E-state index >= 15 is 0 Å². The highest BCUT2D eigenvalue weighted by Gasteiger charge is 2.85. The molecule has 4 spiro atoms. The Hall–Kier alpha value is -16.6. The average molecular weight is 1570 g/mol. The highest BCUT2D eigenvalue weighted by Crippen LogP contribution is 2.60. The highest BCUT2D eigenvalue weighted by atomic mass is 15.7. The van der Waals surface area contributed by atoms with E-state index in [1.54, 1.807) is 0 Å². The zero-order valence-electron chi connectivity index (χ0n) is 64.6. The number of H-pyrrole nitrogens is 1. The van der Waals surface area contributed by atoms with Crippen LogP contribution in [0.25, 0.3) is 285 Å². The van der Waals surface area contributed by atoms with Crippen molar-refractivity contribution in [2.75, 3.05) is 6.54 Å². The molecule has 0 radical (unpaired) electrons. The summed E-state index contributed by atoms with van der Waals surface area (Å²) in [5.41, 5.74) is 47.8. The molecule has 1 N–H and O–H groups in total. The SMILES string of the molecule is C1=C2C=c3c4c5c(cc6n5C57n8c(cc9c%10c%11c(cc%12n%11C%11%13[N+]%14=c%15c(c%16cc%17n%18c%16c(c%15=CC%14=C%12)-c%12ccc%14ccc%15ccc%16[n+]%19c%15c%14[n+]%12C%18%19[N+]%12=c%14c-%16c%15cc[nH]c%15cc%14=CC%12=C%17)-c%12ccc%14ccc%15ccc-%10[n+]%11c%15c%14[n+]%12%13)c(c98)-c8ccc9ccc%10ccc-4[n+]5c%10c9[n+]87)C6)c4c3=[N+]2C23n5c1cc1cc6c(c(c15)-c1ccc5ccc7ccc-4[n+]2c7c5[n+]13)=CCN=6. The quantitative estimate of drug-likeness (QED) is 0.124. The summed E-state index contributed by atoms with van der Waals surface area (Å²) in [7, 11) is 0. The van der Waals surface area contributed by atoms with Gasteiger partial charge in [0.25, 0.3) is 11.0 Å². The van der Waals surface area contributed by atoms with Crippen molar-refractivity contribution in [1.82, 2.24) is 41.5 Å². The topological polar surface area (TPSA) is 92.9 Å². The van der Waals surface area contributed by atoms with E-state index in [-0.39, 0.29) is 0 Å². The van der Waals surface area contributed by atoms with Crippen LogP contribution in [0.1, 0.15) is 28.5 Å². The predicted molar refractivity (Wildman–Crippen MR) is 463 cm³/mol. The first-order valence-electron chi connectivity index (χ1n) is 43.8. The molecule has 0 aliphatic carbocycles. The smallest absolute Gasteiger partial charge is 0.361 e. The normalized spacial score (nSPS) is 21.7. The molecule has 0 bridgehead atoms. The van der Waals surface area contributed by atoms with Crippen molar-refractivity contribution in [3.05, 3.63) is 288 Å². The minimum atomic E-state index is -0.973. The van der Waals surface area contributed by atoms with E-state index in [0.717, 1.165) is 17.3 Å². The van der Waals surface area contributed by atoms with Crippen LogP contribution in [0.15, 0.2) is 222 Å². The van der Waals surface area contributed by atoms with Crippen LogP contribution in [0.4, 0.5) is 0 Å². The number of hydrogen-bond acceptors (Lipinski definition) is 1. The molecule has 23 aromatic rings. The Bertz CT molecular complexity index is 11400. The van der Waals surface area contributed by atoms with Gasteiger partial charge in [-0.2, -0.15) is 13.7 Å². The Labute approximate surface area is 688 Å². The van der Waals surface area contributed by atoms with Crippen LogP contribution in [0, 0.1) is 0 Å². The fourth-order valence-electron chi connectivity index (χ4n) is 31.5. The molecular weight excluding hydrogens is 1530 g/mol. The molecule has 0 amide bonds. The second-order valence-electron chi connectivity index (χ2n) is 38.7. The van der Waals surface area contributed by atoms with Crippen molar-refractivity contribution in [2.45, 2.75) is 30.1 Å². The van der Waals surface area contributed by atoms with Crippen molar-refractivity contribution in [3.8, 4) is 90.1 Å². The van der Waals surface area contributed by atoms with E-state index in [9.17, 15) is 0 Å². The molecule has 14 aromatic heterocycles. The summed E-state index contributed by atoms with van der Waals surface area (Å²) in [5, 5.41) is 27.5. The van der Waals surface area contributed by atoms with Crippen molar-refractivity contribution >= 4 is 195 Å². The minimum Gasteiger partial charge on any atom is -0.361 e. The summed E-state index contributed by atoms with van der Waals surface area (Å²) in [6.07, 6.45) is 20.5. The average Bonchev–Trinajstić information content (AvgIpc) is 1.43. The van der Waals surface area contributed by atoms with E-state index < -0.39 is 23.6 Å². The van der Waals surface area contributed by atoms with Crippen LogP contribution < -0.4 is 92.6 Å². The largest absolute Gasteiger partial charge is 0.667 e. The number of nitrogens with zero attached hydrogens (tertiary/aromatic N) is 17. The monoisotopic (exact) mass is 1570 g/mol. The first-order chi connectivity index (χ1) is 61.5. The van der Waals surface area contributed by atoms with Gasteiger partial charge in [-0.25, -0.2) is 9.13 Å². The summed E-state index contributed by atoms with van der Waals surface area (Å²) in [6, 6.07) is 78.7. The van der Waals surface area contributed by atoms with Crippen LogP contribution in [-0.2, 0) is 30.1 Å². The van der Waals surface area contributed by atoms with Crippen LogP contribution in [0.3, 0.4) is 0 Å². The van der Waals surface area contributed by atoms with E-state index in [1.165, 1.54) is 320 Å². The van der Waals surface area contributed by atoms with Gasteiger partial charge in [0.1, 0.15) is 16.7 Å². The molecule has 34 heterocycles. The maximum atomic E-state index is 5.13. The van der Waals surface area contributed by atoms with E-state index in [0.29, 0.717) is 6.54 Å². The summed E-state index contributed by atoms with van der Waals surface area (Å²) < 4.78 is 45.1. The lowest BCUT2D eigenvalue weighted by Gasteiger charge is -2.36. The van der Waals surface area contributed by atoms with Gasteiger partial charge in [0.2, 0.25) is 78.7 Å². The van der Waals surface area contributed by atoms with E-state index in [4.69, 9.17) is 4.99 Å². The van der Waals surface area contributed by atoms with Gasteiger partial charge in [-0.3, -0.25) is 4.99 Å². The van der Waals surface area contributed by atoms with E-state index in [2.05, 4.69) is 321 Å². The number of hydrogen-bond donors (Lipinski definition) is 1. The van der Waals surface area contributed by atoms with Crippen LogP contribution in [-0.4, -0.2) is 34.4 Å². The number of allylic oxidation sites excluding steroid dienone is 3. The molecule has 20 aliphatic heterocycles. The van der Waals surface area contributed by atoms with Gasteiger partial charge in [0, 0.05) is 152 Å². The fraction of sp³-hybridized carbons (Fsp3) is 0.0566. The Morgan fingerprint density at radius 3 is 1.16 bits per heavy atom. The minimum absolute atomic E-state index is 0.696. The standard InChI is InChI=1S/C106H44N18/c1-3-45-11-19-73-81-65-39-57-35-59-41-67-86-78-24-16-50-8-6-48-14-22-76-84-64-38-56-34-54-30-52-32-70-62(26-28-108-70)80-72-18-10-44-2-4-46-12-20-74-82(98(64)112(56)104(110(54)88(52)80)118(72)90(44)92(46)120(74)104)66-40-58-36-60-42-68(102(86)116(60)106(114(58)100(66)84)122(76)94(48)96(50)124(78)106)85-77-23-15-49-7-5-47-13-21-75-83(99(65)113(57)105(115(59)101(67)85)121(75)93(47)95(49)123(77)105)63-37-55-33-53-29-51-31-69-61(25-27-107-69)79-71-17-9-43(1)89-91(45)119(73)103(117(71)89,109(53)87(51)79)111(55)97(63)81/h1-27,29-35,37-42H,28,36H2/q+10/p+1. The van der Waals surface area contributed by atoms with Crippen molar-refractivity contribution in [2.24, 2.45) is 4.99 Å². The Morgan fingerprint density at radius 1 is 0.290 bits per heavy atom. The molecular formula is C106H45N18+11. The summed E-state index contributed by atoms with van der Waals surface area (Å²) in [6.45, 7) is 0.696. The third-order valence-corrected chi connectivity index (χ3v) is 34.7. The Kier molecular flexibility index (Phi) is 6.65. The number of nitrogens with one attached hydrogen (secondary N) is 1. The zero-order chi connectivity index (χ0) is 77.0. The third-order valence-electron chi connectivity index (χ3n) is 34.7. The molecule has 18 nitrogen and oxygen atoms in total. The number of fused-ring (bicyclic) bond motifs is 18. The van der Waals surface area contributed by atoms with Crippen molar-refractivity contribution in [3.63, 3.8) is 0 Å². The first kappa shape index (κ1) is 54.5. The summed E-state index contributed by atoms with van der Waals surface area (Å²) in [5.74, 6) is -3.62. The summed E-state index contributed by atoms with van der Waals surface area (Å²) >= 11 is 0. The molecule has 4 atom stereocenters. The summed E-state index contributed by atoms with van der Waals surface area (Å²) in [4.78, 5) is 8.79.